The fourth-order valence-corrected chi connectivity index (χ4v) is 1.98. The molecule has 1 saturated heterocycles. The van der Waals surface area contributed by atoms with E-state index < -0.39 is 0 Å². The number of rotatable bonds is 1. The van der Waals surface area contributed by atoms with Gasteiger partial charge in [0.1, 0.15) is 11.9 Å². The second-order valence-electron chi connectivity index (χ2n) is 4.22. The lowest BCUT2D eigenvalue weighted by Crippen LogP contribution is -2.49. The Kier molecular flexibility index (Phi) is 3.07. The molecule has 0 amide bonds. The van der Waals surface area contributed by atoms with E-state index in [2.05, 4.69) is 28.2 Å². The molecule has 1 aromatic heterocycles. The molecule has 1 atom stereocenters. The number of nitriles is 1. The molecule has 0 saturated carbocycles. The van der Waals surface area contributed by atoms with E-state index in [1.807, 2.05) is 19.1 Å². The van der Waals surface area contributed by atoms with E-state index in [0.29, 0.717) is 11.6 Å². The molecule has 1 aliphatic heterocycles. The zero-order valence-corrected chi connectivity index (χ0v) is 9.70. The van der Waals surface area contributed by atoms with E-state index in [0.717, 1.165) is 31.1 Å². The van der Waals surface area contributed by atoms with Crippen molar-refractivity contribution < 1.29 is 0 Å². The van der Waals surface area contributed by atoms with Gasteiger partial charge in [-0.05, 0) is 26.0 Å². The van der Waals surface area contributed by atoms with Crippen LogP contribution in [0, 0.1) is 18.3 Å². The van der Waals surface area contributed by atoms with Crippen molar-refractivity contribution in [3.8, 4) is 6.07 Å². The van der Waals surface area contributed by atoms with Gasteiger partial charge in [-0.15, -0.1) is 0 Å². The molecule has 0 bridgehead atoms. The van der Waals surface area contributed by atoms with Gasteiger partial charge in [0.2, 0.25) is 0 Å². The highest BCUT2D eigenvalue weighted by atomic mass is 15.2. The molecule has 16 heavy (non-hydrogen) atoms. The normalized spacial score (nSPS) is 20.6. The lowest BCUT2D eigenvalue weighted by molar-refractivity contribution is 0.482. The number of nitrogens with one attached hydrogen (secondary N) is 1. The maximum atomic E-state index is 8.85. The van der Waals surface area contributed by atoms with Crippen molar-refractivity contribution in [3.63, 3.8) is 0 Å². The fraction of sp³-hybridized carbons (Fsp3) is 0.500. The average Bonchev–Trinajstić information content (AvgIpc) is 2.29. The number of hydrogen-bond donors (Lipinski definition) is 1. The highest BCUT2D eigenvalue weighted by Gasteiger charge is 2.17. The van der Waals surface area contributed by atoms with Crippen LogP contribution in [-0.2, 0) is 0 Å². The van der Waals surface area contributed by atoms with E-state index in [1.54, 1.807) is 0 Å². The summed E-state index contributed by atoms with van der Waals surface area (Å²) in [4.78, 5) is 6.74. The van der Waals surface area contributed by atoms with Gasteiger partial charge < -0.3 is 10.2 Å². The third-order valence-electron chi connectivity index (χ3n) is 2.88. The Morgan fingerprint density at radius 1 is 1.56 bits per heavy atom. The summed E-state index contributed by atoms with van der Waals surface area (Å²) in [6.45, 7) is 6.99. The summed E-state index contributed by atoms with van der Waals surface area (Å²) < 4.78 is 0. The van der Waals surface area contributed by atoms with Crippen LogP contribution in [0.15, 0.2) is 12.1 Å². The standard InChI is InChI=1S/C12H16N4/c1-9-8-16(6-5-14-9)12-4-3-11(7-13)10(2)15-12/h3-4,9,14H,5-6,8H2,1-2H3/t9-/m0/s1. The average molecular weight is 216 g/mol. The molecule has 1 aliphatic rings. The Morgan fingerprint density at radius 3 is 3.00 bits per heavy atom. The number of pyridine rings is 1. The zero-order valence-electron chi connectivity index (χ0n) is 9.70. The van der Waals surface area contributed by atoms with Gasteiger partial charge in [-0.3, -0.25) is 0 Å². The molecule has 2 heterocycles. The SMILES string of the molecule is Cc1nc(N2CCN[C@@H](C)C2)ccc1C#N. The van der Waals surface area contributed by atoms with E-state index in [4.69, 9.17) is 5.26 Å². The van der Waals surface area contributed by atoms with Crippen LogP contribution in [0.25, 0.3) is 0 Å². The minimum absolute atomic E-state index is 0.492. The molecule has 0 aromatic carbocycles. The quantitative estimate of drug-likeness (QED) is 0.762. The monoisotopic (exact) mass is 216 g/mol. The molecule has 4 heteroatoms. The number of piperazine rings is 1. The van der Waals surface area contributed by atoms with Crippen LogP contribution in [0.2, 0.25) is 0 Å². The van der Waals surface area contributed by atoms with Gasteiger partial charge in [0.25, 0.3) is 0 Å². The molecule has 4 nitrogen and oxygen atoms in total. The molecule has 0 unspecified atom stereocenters. The molecule has 2 rings (SSSR count). The first kappa shape index (κ1) is 10.9. The Balaban J connectivity index is 2.21. The fourth-order valence-electron chi connectivity index (χ4n) is 1.98. The maximum Gasteiger partial charge on any atom is 0.128 e. The third-order valence-corrected chi connectivity index (χ3v) is 2.88. The minimum Gasteiger partial charge on any atom is -0.354 e. The number of aromatic nitrogens is 1. The molecule has 0 radical (unpaired) electrons. The van der Waals surface area contributed by atoms with Crippen LogP contribution in [0.3, 0.4) is 0 Å². The van der Waals surface area contributed by atoms with E-state index >= 15 is 0 Å². The molecule has 1 fully saturated rings. The van der Waals surface area contributed by atoms with Gasteiger partial charge in [-0.25, -0.2) is 4.98 Å². The van der Waals surface area contributed by atoms with Crippen molar-refractivity contribution in [1.82, 2.24) is 10.3 Å². The van der Waals surface area contributed by atoms with Crippen molar-refractivity contribution in [1.29, 1.82) is 5.26 Å². The van der Waals surface area contributed by atoms with Gasteiger partial charge >= 0.3 is 0 Å². The van der Waals surface area contributed by atoms with Crippen molar-refractivity contribution >= 4 is 5.82 Å². The van der Waals surface area contributed by atoms with E-state index in [-0.39, 0.29) is 0 Å². The van der Waals surface area contributed by atoms with Crippen LogP contribution in [0.4, 0.5) is 5.82 Å². The summed E-state index contributed by atoms with van der Waals surface area (Å²) >= 11 is 0. The summed E-state index contributed by atoms with van der Waals surface area (Å²) in [7, 11) is 0. The molecule has 0 spiro atoms. The van der Waals surface area contributed by atoms with Gasteiger partial charge in [-0.2, -0.15) is 5.26 Å². The molecule has 84 valence electrons. The van der Waals surface area contributed by atoms with Crippen LogP contribution >= 0.6 is 0 Å². The Hall–Kier alpha value is -1.60. The first-order chi connectivity index (χ1) is 7.70. The summed E-state index contributed by atoms with van der Waals surface area (Å²) in [6.07, 6.45) is 0. The molecule has 1 N–H and O–H groups in total. The predicted molar refractivity (Wildman–Crippen MR) is 63.4 cm³/mol. The molecular weight excluding hydrogens is 200 g/mol. The zero-order chi connectivity index (χ0) is 11.5. The Labute approximate surface area is 95.9 Å². The lowest BCUT2D eigenvalue weighted by Gasteiger charge is -2.32. The second-order valence-corrected chi connectivity index (χ2v) is 4.22. The van der Waals surface area contributed by atoms with E-state index in [9.17, 15) is 0 Å². The Morgan fingerprint density at radius 2 is 2.38 bits per heavy atom. The van der Waals surface area contributed by atoms with Crippen LogP contribution < -0.4 is 10.2 Å². The summed E-state index contributed by atoms with van der Waals surface area (Å²) in [5.74, 6) is 0.977. The summed E-state index contributed by atoms with van der Waals surface area (Å²) in [6, 6.07) is 6.42. The third kappa shape index (κ3) is 2.15. The number of nitrogens with zero attached hydrogens (tertiary/aromatic N) is 3. The molecule has 0 aliphatic carbocycles. The van der Waals surface area contributed by atoms with Crippen molar-refractivity contribution in [3.05, 3.63) is 23.4 Å². The predicted octanol–water partition coefficient (Wildman–Crippen LogP) is 1.06. The first-order valence-corrected chi connectivity index (χ1v) is 5.57. The number of aryl methyl sites for hydroxylation is 1. The largest absolute Gasteiger partial charge is 0.354 e. The van der Waals surface area contributed by atoms with Crippen LogP contribution in [-0.4, -0.2) is 30.7 Å². The van der Waals surface area contributed by atoms with Gasteiger partial charge in [0, 0.05) is 25.7 Å². The second kappa shape index (κ2) is 4.50. The van der Waals surface area contributed by atoms with Crippen LogP contribution in [0.1, 0.15) is 18.2 Å². The number of hydrogen-bond acceptors (Lipinski definition) is 4. The lowest BCUT2D eigenvalue weighted by atomic mass is 10.2. The smallest absolute Gasteiger partial charge is 0.128 e. The highest BCUT2D eigenvalue weighted by Crippen LogP contribution is 2.15. The summed E-state index contributed by atoms with van der Waals surface area (Å²) in [5, 5.41) is 12.2. The topological polar surface area (TPSA) is 52.0 Å². The van der Waals surface area contributed by atoms with Gasteiger partial charge in [0.15, 0.2) is 0 Å². The Bertz CT molecular complexity index is 422. The van der Waals surface area contributed by atoms with Crippen molar-refractivity contribution in [2.45, 2.75) is 19.9 Å². The highest BCUT2D eigenvalue weighted by molar-refractivity contribution is 5.45. The van der Waals surface area contributed by atoms with Crippen molar-refractivity contribution in [2.75, 3.05) is 24.5 Å². The molecular formula is C12H16N4. The first-order valence-electron chi connectivity index (χ1n) is 5.57. The minimum atomic E-state index is 0.492. The van der Waals surface area contributed by atoms with Gasteiger partial charge in [0.05, 0.1) is 11.3 Å². The molecule has 1 aromatic rings. The van der Waals surface area contributed by atoms with Crippen LogP contribution in [0.5, 0.6) is 0 Å². The maximum absolute atomic E-state index is 8.85. The van der Waals surface area contributed by atoms with Gasteiger partial charge in [-0.1, -0.05) is 0 Å². The summed E-state index contributed by atoms with van der Waals surface area (Å²) in [5.41, 5.74) is 1.47. The van der Waals surface area contributed by atoms with Crippen molar-refractivity contribution in [2.24, 2.45) is 0 Å². The van der Waals surface area contributed by atoms with E-state index in [1.165, 1.54) is 0 Å². The number of anilines is 1.